The molecule has 0 radical (unpaired) electrons. The molecule has 1 aromatic rings. The van der Waals surface area contributed by atoms with Crippen molar-refractivity contribution in [2.24, 2.45) is 11.8 Å². The van der Waals surface area contributed by atoms with E-state index in [2.05, 4.69) is 13.8 Å². The molecular weight excluding hydrogens is 318 g/mol. The zero-order valence-corrected chi connectivity index (χ0v) is 14.8. The summed E-state index contributed by atoms with van der Waals surface area (Å²) in [4.78, 5) is 11.0. The van der Waals surface area contributed by atoms with Gasteiger partial charge in [0.05, 0.1) is 17.4 Å². The highest BCUT2D eigenvalue weighted by atomic mass is 32.2. The van der Waals surface area contributed by atoms with E-state index in [1.165, 1.54) is 26.1 Å². The zero-order chi connectivity index (χ0) is 17.6. The van der Waals surface area contributed by atoms with Gasteiger partial charge in [0, 0.05) is 13.6 Å². The number of nitrogens with zero attached hydrogens (tertiary/aromatic N) is 1. The monoisotopic (exact) mass is 343 g/mol. The summed E-state index contributed by atoms with van der Waals surface area (Å²) in [5.74, 6) is -0.639. The molecule has 1 aromatic carbocycles. The topological polar surface area (TPSA) is 83.9 Å². The fourth-order valence-corrected chi connectivity index (χ4v) is 3.12. The lowest BCUT2D eigenvalue weighted by Crippen LogP contribution is -2.33. The minimum atomic E-state index is -3.70. The standard InChI is InChI=1S/C16H25NO5S/c1-12(2)9-10-22-14-5-7-15(8-6-14)23(20,21)17(4)11-13(3)16(18)19/h5-8,12-13H,9-11H2,1-4H3,(H,18,19). The number of aliphatic carboxylic acids is 1. The number of rotatable bonds is 9. The summed E-state index contributed by atoms with van der Waals surface area (Å²) in [7, 11) is -2.33. The Morgan fingerprint density at radius 3 is 2.26 bits per heavy atom. The Kier molecular flexibility index (Phi) is 7.02. The molecule has 0 amide bonds. The van der Waals surface area contributed by atoms with Gasteiger partial charge < -0.3 is 9.84 Å². The molecule has 1 atom stereocenters. The quantitative estimate of drug-likeness (QED) is 0.744. The second-order valence-electron chi connectivity index (χ2n) is 6.03. The maximum Gasteiger partial charge on any atom is 0.307 e. The maximum absolute atomic E-state index is 12.4. The number of hydrogen-bond donors (Lipinski definition) is 1. The number of benzene rings is 1. The highest BCUT2D eigenvalue weighted by Gasteiger charge is 2.24. The fraction of sp³-hybridized carbons (Fsp3) is 0.562. The Morgan fingerprint density at radius 2 is 1.78 bits per heavy atom. The highest BCUT2D eigenvalue weighted by Crippen LogP contribution is 2.20. The summed E-state index contributed by atoms with van der Waals surface area (Å²) in [6, 6.07) is 6.17. The van der Waals surface area contributed by atoms with Gasteiger partial charge in [-0.2, -0.15) is 0 Å². The molecule has 0 aliphatic rings. The summed E-state index contributed by atoms with van der Waals surface area (Å²) in [6.45, 7) is 6.18. The molecule has 23 heavy (non-hydrogen) atoms. The van der Waals surface area contributed by atoms with Crippen molar-refractivity contribution >= 4 is 16.0 Å². The van der Waals surface area contributed by atoms with E-state index in [0.29, 0.717) is 18.3 Å². The smallest absolute Gasteiger partial charge is 0.307 e. The lowest BCUT2D eigenvalue weighted by atomic mass is 10.1. The SMILES string of the molecule is CC(C)CCOc1ccc(S(=O)(=O)N(C)CC(C)C(=O)O)cc1. The number of ether oxygens (including phenoxy) is 1. The third-order valence-electron chi connectivity index (χ3n) is 3.45. The van der Waals surface area contributed by atoms with Crippen LogP contribution in [0.1, 0.15) is 27.2 Å². The summed E-state index contributed by atoms with van der Waals surface area (Å²) in [6.07, 6.45) is 0.926. The number of sulfonamides is 1. The van der Waals surface area contributed by atoms with Gasteiger partial charge in [-0.1, -0.05) is 20.8 Å². The molecule has 7 heteroatoms. The van der Waals surface area contributed by atoms with Crippen molar-refractivity contribution in [2.45, 2.75) is 32.1 Å². The number of carboxylic acids is 1. The second-order valence-corrected chi connectivity index (χ2v) is 8.07. The van der Waals surface area contributed by atoms with Gasteiger partial charge in [0.2, 0.25) is 10.0 Å². The molecule has 0 heterocycles. The van der Waals surface area contributed by atoms with Crippen LogP contribution in [0.3, 0.4) is 0 Å². The Morgan fingerprint density at radius 1 is 1.22 bits per heavy atom. The molecule has 0 saturated carbocycles. The highest BCUT2D eigenvalue weighted by molar-refractivity contribution is 7.89. The maximum atomic E-state index is 12.4. The lowest BCUT2D eigenvalue weighted by molar-refractivity contribution is -0.141. The van der Waals surface area contributed by atoms with Crippen LogP contribution in [0.5, 0.6) is 5.75 Å². The van der Waals surface area contributed by atoms with Crippen LogP contribution in [-0.4, -0.2) is 44.0 Å². The summed E-state index contributed by atoms with van der Waals surface area (Å²) in [5.41, 5.74) is 0. The van der Waals surface area contributed by atoms with Gasteiger partial charge in [-0.3, -0.25) is 4.79 Å². The van der Waals surface area contributed by atoms with E-state index in [1.807, 2.05) is 0 Å². The van der Waals surface area contributed by atoms with Gasteiger partial charge in [0.1, 0.15) is 5.75 Å². The first-order valence-corrected chi connectivity index (χ1v) is 9.00. The molecule has 0 spiro atoms. The van der Waals surface area contributed by atoms with Gasteiger partial charge in [-0.15, -0.1) is 0 Å². The predicted molar refractivity (Wildman–Crippen MR) is 88.0 cm³/mol. The molecule has 0 aliphatic heterocycles. The van der Waals surface area contributed by atoms with Crippen molar-refractivity contribution in [2.75, 3.05) is 20.2 Å². The van der Waals surface area contributed by atoms with Crippen molar-refractivity contribution in [3.8, 4) is 5.75 Å². The van der Waals surface area contributed by atoms with Gasteiger partial charge in [-0.05, 0) is 36.6 Å². The normalized spacial score (nSPS) is 13.3. The molecular formula is C16H25NO5S. The van der Waals surface area contributed by atoms with Crippen LogP contribution >= 0.6 is 0 Å². The van der Waals surface area contributed by atoms with Crippen LogP contribution in [0, 0.1) is 11.8 Å². The van der Waals surface area contributed by atoms with Crippen LogP contribution in [0.2, 0.25) is 0 Å². The predicted octanol–water partition coefficient (Wildman–Crippen LogP) is 2.45. The zero-order valence-electron chi connectivity index (χ0n) is 14.0. The summed E-state index contributed by atoms with van der Waals surface area (Å²) < 4.78 is 31.4. The van der Waals surface area contributed by atoms with Crippen molar-refractivity contribution < 1.29 is 23.1 Å². The molecule has 130 valence electrons. The van der Waals surface area contributed by atoms with E-state index in [9.17, 15) is 13.2 Å². The largest absolute Gasteiger partial charge is 0.494 e. The molecule has 0 saturated heterocycles. The minimum absolute atomic E-state index is 0.0791. The van der Waals surface area contributed by atoms with Gasteiger partial charge in [0.15, 0.2) is 0 Å². The van der Waals surface area contributed by atoms with Crippen LogP contribution in [0.15, 0.2) is 29.2 Å². The van der Waals surface area contributed by atoms with Crippen molar-refractivity contribution in [3.05, 3.63) is 24.3 Å². The molecule has 0 fully saturated rings. The molecule has 0 aliphatic carbocycles. The average Bonchev–Trinajstić information content (AvgIpc) is 2.47. The number of carboxylic acid groups (broad SMARTS) is 1. The van der Waals surface area contributed by atoms with E-state index in [4.69, 9.17) is 9.84 Å². The van der Waals surface area contributed by atoms with E-state index in [1.54, 1.807) is 12.1 Å². The summed E-state index contributed by atoms with van der Waals surface area (Å²) >= 11 is 0. The number of hydrogen-bond acceptors (Lipinski definition) is 4. The van der Waals surface area contributed by atoms with Gasteiger partial charge >= 0.3 is 5.97 Å². The van der Waals surface area contributed by atoms with E-state index >= 15 is 0 Å². The van der Waals surface area contributed by atoms with E-state index in [-0.39, 0.29) is 11.4 Å². The Balaban J connectivity index is 2.75. The lowest BCUT2D eigenvalue weighted by Gasteiger charge is -2.19. The van der Waals surface area contributed by atoms with Crippen molar-refractivity contribution in [1.29, 1.82) is 0 Å². The third-order valence-corrected chi connectivity index (χ3v) is 5.29. The second kappa shape index (κ2) is 8.31. The van der Waals surface area contributed by atoms with Crippen LogP contribution in [0.25, 0.3) is 0 Å². The van der Waals surface area contributed by atoms with Crippen molar-refractivity contribution in [3.63, 3.8) is 0 Å². The Labute approximate surface area is 138 Å². The minimum Gasteiger partial charge on any atom is -0.494 e. The van der Waals surface area contributed by atoms with E-state index in [0.717, 1.165) is 10.7 Å². The Hall–Kier alpha value is -1.60. The first-order chi connectivity index (χ1) is 10.6. The van der Waals surface area contributed by atoms with Crippen LogP contribution in [-0.2, 0) is 14.8 Å². The van der Waals surface area contributed by atoms with E-state index < -0.39 is 21.9 Å². The third kappa shape index (κ3) is 5.84. The Bertz CT molecular complexity index is 610. The first kappa shape index (κ1) is 19.4. The first-order valence-electron chi connectivity index (χ1n) is 7.56. The van der Waals surface area contributed by atoms with Crippen LogP contribution in [0.4, 0.5) is 0 Å². The molecule has 0 aromatic heterocycles. The molecule has 1 rings (SSSR count). The van der Waals surface area contributed by atoms with Gasteiger partial charge in [-0.25, -0.2) is 12.7 Å². The molecule has 1 unspecified atom stereocenters. The fourth-order valence-electron chi connectivity index (χ4n) is 1.86. The van der Waals surface area contributed by atoms with Crippen LogP contribution < -0.4 is 4.74 Å². The summed E-state index contributed by atoms with van der Waals surface area (Å²) in [5, 5.41) is 8.89. The van der Waals surface area contributed by atoms with Crippen molar-refractivity contribution in [1.82, 2.24) is 4.31 Å². The molecule has 1 N–H and O–H groups in total. The molecule has 6 nitrogen and oxygen atoms in total. The number of carbonyl (C=O) groups is 1. The average molecular weight is 343 g/mol. The van der Waals surface area contributed by atoms with Gasteiger partial charge in [0.25, 0.3) is 0 Å². The molecule has 0 bridgehead atoms.